The molecule has 1 unspecified atom stereocenters. The molecule has 1 aromatic carbocycles. The molecule has 2 aromatic rings. The highest BCUT2D eigenvalue weighted by atomic mass is 79.9. The Morgan fingerprint density at radius 2 is 1.86 bits per heavy atom. The summed E-state index contributed by atoms with van der Waals surface area (Å²) in [6.07, 6.45) is 0. The van der Waals surface area contributed by atoms with Gasteiger partial charge in [-0.05, 0) is 25.5 Å². The average Bonchev–Trinajstić information content (AvgIpc) is 2.86. The van der Waals surface area contributed by atoms with Gasteiger partial charge in [-0.1, -0.05) is 54.9 Å². The van der Waals surface area contributed by atoms with Crippen LogP contribution >= 0.6 is 27.3 Å². The van der Waals surface area contributed by atoms with E-state index in [4.69, 9.17) is 4.98 Å². The van der Waals surface area contributed by atoms with Crippen LogP contribution in [0.15, 0.2) is 34.1 Å². The number of nitrogens with zero attached hydrogens (tertiary/aromatic N) is 1. The lowest BCUT2D eigenvalue weighted by Crippen LogP contribution is -2.29. The van der Waals surface area contributed by atoms with Crippen molar-refractivity contribution in [2.45, 2.75) is 52.1 Å². The van der Waals surface area contributed by atoms with Gasteiger partial charge < -0.3 is 5.32 Å². The first-order valence-corrected chi connectivity index (χ1v) is 8.92. The Morgan fingerprint density at radius 1 is 1.19 bits per heavy atom. The number of thiazole rings is 1. The highest BCUT2D eigenvalue weighted by Crippen LogP contribution is 2.33. The van der Waals surface area contributed by atoms with Gasteiger partial charge in [0.1, 0.15) is 5.01 Å². The van der Waals surface area contributed by atoms with Gasteiger partial charge in [-0.25, -0.2) is 4.98 Å². The zero-order valence-electron chi connectivity index (χ0n) is 13.3. The van der Waals surface area contributed by atoms with Crippen molar-refractivity contribution in [3.8, 4) is 0 Å². The highest BCUT2D eigenvalue weighted by molar-refractivity contribution is 9.10. The minimum absolute atomic E-state index is 0.0883. The molecule has 1 N–H and O–H groups in total. The van der Waals surface area contributed by atoms with E-state index in [1.807, 2.05) is 6.07 Å². The molecule has 0 saturated carbocycles. The highest BCUT2D eigenvalue weighted by Gasteiger charge is 2.24. The second-order valence-corrected chi connectivity index (χ2v) is 8.34. The maximum Gasteiger partial charge on any atom is 0.114 e. The molecule has 0 aliphatic carbocycles. The van der Waals surface area contributed by atoms with Crippen LogP contribution in [0.5, 0.6) is 0 Å². The Labute approximate surface area is 140 Å². The van der Waals surface area contributed by atoms with Gasteiger partial charge in [-0.3, -0.25) is 0 Å². The van der Waals surface area contributed by atoms with Crippen molar-refractivity contribution in [2.24, 2.45) is 0 Å². The van der Waals surface area contributed by atoms with Gasteiger partial charge in [-0.2, -0.15) is 0 Å². The average molecular weight is 367 g/mol. The molecule has 114 valence electrons. The summed E-state index contributed by atoms with van der Waals surface area (Å²) in [4.78, 5) is 4.89. The summed E-state index contributed by atoms with van der Waals surface area (Å²) in [6.45, 7) is 10.9. The lowest BCUT2D eigenvalue weighted by Gasteiger charge is -2.21. The molecule has 21 heavy (non-hydrogen) atoms. The molecule has 0 spiro atoms. The van der Waals surface area contributed by atoms with Crippen molar-refractivity contribution in [2.75, 3.05) is 0 Å². The zero-order valence-corrected chi connectivity index (χ0v) is 15.7. The van der Waals surface area contributed by atoms with Gasteiger partial charge in [0.2, 0.25) is 0 Å². The zero-order chi connectivity index (χ0) is 15.6. The number of halogens is 1. The van der Waals surface area contributed by atoms with Crippen LogP contribution in [0.1, 0.15) is 56.9 Å². The molecule has 4 heteroatoms. The van der Waals surface area contributed by atoms with Crippen LogP contribution in [0.25, 0.3) is 0 Å². The van der Waals surface area contributed by atoms with Crippen LogP contribution in [-0.4, -0.2) is 11.0 Å². The third-order valence-corrected chi connectivity index (χ3v) is 4.89. The van der Waals surface area contributed by atoms with Crippen molar-refractivity contribution in [1.29, 1.82) is 0 Å². The molecule has 0 aliphatic heterocycles. The van der Waals surface area contributed by atoms with Gasteiger partial charge in [0.05, 0.1) is 11.7 Å². The molecule has 0 radical (unpaired) electrons. The predicted octanol–water partition coefficient (Wildman–Crippen LogP) is 5.29. The number of nitrogens with one attached hydrogen (secondary N) is 1. The minimum Gasteiger partial charge on any atom is -0.302 e. The summed E-state index contributed by atoms with van der Waals surface area (Å²) in [5.74, 6) is 0. The third-order valence-electron chi connectivity index (χ3n) is 3.25. The fourth-order valence-corrected chi connectivity index (χ4v) is 3.74. The first-order valence-electron chi connectivity index (χ1n) is 7.25. The second-order valence-electron chi connectivity index (χ2n) is 6.60. The normalized spacial score (nSPS) is 13.7. The maximum absolute atomic E-state index is 4.89. The van der Waals surface area contributed by atoms with Gasteiger partial charge in [0, 0.05) is 21.3 Å². The lowest BCUT2D eigenvalue weighted by atomic mass is 9.93. The van der Waals surface area contributed by atoms with E-state index in [9.17, 15) is 0 Å². The molecule has 1 atom stereocenters. The molecule has 2 nitrogen and oxygen atoms in total. The SMILES string of the molecule is CC(C)NC(c1nc(C(C)(C)C)cs1)c1ccccc1Br. The Morgan fingerprint density at radius 3 is 2.38 bits per heavy atom. The molecular weight excluding hydrogens is 344 g/mol. The first kappa shape index (κ1) is 16.7. The largest absolute Gasteiger partial charge is 0.302 e. The topological polar surface area (TPSA) is 24.9 Å². The number of aromatic nitrogens is 1. The van der Waals surface area contributed by atoms with Crippen LogP contribution in [0.3, 0.4) is 0 Å². The van der Waals surface area contributed by atoms with Crippen LogP contribution < -0.4 is 5.32 Å². The molecule has 2 rings (SSSR count). The smallest absolute Gasteiger partial charge is 0.114 e. The fraction of sp³-hybridized carbons (Fsp3) is 0.471. The van der Waals surface area contributed by atoms with E-state index in [2.05, 4.69) is 79.4 Å². The second kappa shape index (κ2) is 6.59. The summed E-state index contributed by atoms with van der Waals surface area (Å²) in [5.41, 5.74) is 2.48. The molecule has 0 bridgehead atoms. The van der Waals surface area contributed by atoms with Crippen molar-refractivity contribution < 1.29 is 0 Å². The minimum atomic E-state index is 0.0883. The summed E-state index contributed by atoms with van der Waals surface area (Å²) in [5, 5.41) is 6.94. The van der Waals surface area contributed by atoms with Gasteiger partial charge in [0.15, 0.2) is 0 Å². The van der Waals surface area contributed by atoms with E-state index < -0.39 is 0 Å². The molecule has 1 aromatic heterocycles. The number of hydrogen-bond acceptors (Lipinski definition) is 3. The van der Waals surface area contributed by atoms with Gasteiger partial charge in [0.25, 0.3) is 0 Å². The Kier molecular flexibility index (Phi) is 5.23. The van der Waals surface area contributed by atoms with Gasteiger partial charge in [-0.15, -0.1) is 11.3 Å². The molecule has 0 amide bonds. The number of rotatable bonds is 4. The van der Waals surface area contributed by atoms with Crippen LogP contribution in [-0.2, 0) is 5.41 Å². The molecule has 0 fully saturated rings. The summed E-state index contributed by atoms with van der Waals surface area (Å²) in [7, 11) is 0. The lowest BCUT2D eigenvalue weighted by molar-refractivity contribution is 0.518. The van der Waals surface area contributed by atoms with Crippen molar-refractivity contribution >= 4 is 27.3 Å². The van der Waals surface area contributed by atoms with Crippen molar-refractivity contribution in [3.05, 3.63) is 50.4 Å². The van der Waals surface area contributed by atoms with Gasteiger partial charge >= 0.3 is 0 Å². The summed E-state index contributed by atoms with van der Waals surface area (Å²) < 4.78 is 1.12. The van der Waals surface area contributed by atoms with Crippen molar-refractivity contribution in [3.63, 3.8) is 0 Å². The fourth-order valence-electron chi connectivity index (χ4n) is 2.10. The van der Waals surface area contributed by atoms with E-state index in [0.29, 0.717) is 6.04 Å². The van der Waals surface area contributed by atoms with E-state index in [1.54, 1.807) is 11.3 Å². The van der Waals surface area contributed by atoms with E-state index in [0.717, 1.165) is 15.2 Å². The number of hydrogen-bond donors (Lipinski definition) is 1. The first-order chi connectivity index (χ1) is 9.79. The van der Waals surface area contributed by atoms with Crippen LogP contribution in [0, 0.1) is 0 Å². The maximum atomic E-state index is 4.89. The van der Waals surface area contributed by atoms with E-state index in [1.165, 1.54) is 5.56 Å². The Bertz CT molecular complexity index is 599. The van der Waals surface area contributed by atoms with Crippen LogP contribution in [0.4, 0.5) is 0 Å². The summed E-state index contributed by atoms with van der Waals surface area (Å²) in [6, 6.07) is 8.88. The monoisotopic (exact) mass is 366 g/mol. The summed E-state index contributed by atoms with van der Waals surface area (Å²) >= 11 is 5.40. The Hall–Kier alpha value is -0.710. The standard InChI is InChI=1S/C17H23BrN2S/c1-11(2)19-15(12-8-6-7-9-13(12)18)16-20-14(10-21-16)17(3,4)5/h6-11,15,19H,1-5H3. The Balaban J connectivity index is 2.42. The predicted molar refractivity (Wildman–Crippen MR) is 95.1 cm³/mol. The quantitative estimate of drug-likeness (QED) is 0.794. The molecule has 0 saturated heterocycles. The van der Waals surface area contributed by atoms with Crippen LogP contribution in [0.2, 0.25) is 0 Å². The molecular formula is C17H23BrN2S. The number of benzene rings is 1. The third kappa shape index (κ3) is 4.15. The molecule has 1 heterocycles. The van der Waals surface area contributed by atoms with Crippen molar-refractivity contribution in [1.82, 2.24) is 10.3 Å². The van der Waals surface area contributed by atoms with E-state index in [-0.39, 0.29) is 11.5 Å². The van der Waals surface area contributed by atoms with E-state index >= 15 is 0 Å². The molecule has 0 aliphatic rings.